The van der Waals surface area contributed by atoms with Crippen LogP contribution in [0.15, 0.2) is 0 Å². The minimum Gasteiger partial charge on any atom is -0.315 e. The second-order valence-electron chi connectivity index (χ2n) is 3.91. The van der Waals surface area contributed by atoms with Crippen LogP contribution < -0.4 is 10.0 Å². The topological polar surface area (TPSA) is 58.2 Å². The van der Waals surface area contributed by atoms with Gasteiger partial charge in [-0.1, -0.05) is 0 Å². The normalized spacial score (nSPS) is 30.3. The third-order valence-electron chi connectivity index (χ3n) is 2.59. The van der Waals surface area contributed by atoms with Crippen molar-refractivity contribution in [3.05, 3.63) is 0 Å². The Bertz CT molecular complexity index is 266. The first-order valence-electron chi connectivity index (χ1n) is 4.90. The summed E-state index contributed by atoms with van der Waals surface area (Å²) in [6.07, 6.45) is 3.72. The van der Waals surface area contributed by atoms with Gasteiger partial charge in [-0.25, -0.2) is 13.1 Å². The van der Waals surface area contributed by atoms with E-state index in [1.165, 1.54) is 0 Å². The van der Waals surface area contributed by atoms with E-state index >= 15 is 0 Å². The van der Waals surface area contributed by atoms with Crippen LogP contribution in [0.2, 0.25) is 0 Å². The quantitative estimate of drug-likeness (QED) is 0.670. The zero-order chi connectivity index (χ0) is 9.31. The summed E-state index contributed by atoms with van der Waals surface area (Å²) in [5, 5.41) is 3.10. The van der Waals surface area contributed by atoms with E-state index in [4.69, 9.17) is 0 Å². The van der Waals surface area contributed by atoms with Crippen LogP contribution in [0.4, 0.5) is 0 Å². The van der Waals surface area contributed by atoms with Crippen LogP contribution in [0.1, 0.15) is 25.7 Å². The summed E-state index contributed by atoms with van der Waals surface area (Å²) in [5.41, 5.74) is 0. The van der Waals surface area contributed by atoms with Crippen molar-refractivity contribution in [2.45, 2.75) is 37.0 Å². The molecule has 5 heteroatoms. The molecular weight excluding hydrogens is 188 g/mol. The van der Waals surface area contributed by atoms with Crippen molar-refractivity contribution < 1.29 is 8.42 Å². The van der Waals surface area contributed by atoms with Crippen molar-refractivity contribution in [3.63, 3.8) is 0 Å². The number of piperidine rings is 1. The third-order valence-corrected chi connectivity index (χ3v) is 4.60. The maximum atomic E-state index is 11.5. The van der Waals surface area contributed by atoms with Gasteiger partial charge < -0.3 is 5.32 Å². The predicted octanol–water partition coefficient (Wildman–Crippen LogP) is -0.180. The lowest BCUT2D eigenvalue weighted by molar-refractivity contribution is 0.428. The molecule has 2 fully saturated rings. The highest BCUT2D eigenvalue weighted by Gasteiger charge is 2.36. The largest absolute Gasteiger partial charge is 0.315 e. The summed E-state index contributed by atoms with van der Waals surface area (Å²) >= 11 is 0. The van der Waals surface area contributed by atoms with Gasteiger partial charge in [-0.15, -0.1) is 0 Å². The van der Waals surface area contributed by atoms with Gasteiger partial charge in [0.2, 0.25) is 10.0 Å². The van der Waals surface area contributed by atoms with Crippen LogP contribution in [0.25, 0.3) is 0 Å². The molecule has 2 rings (SSSR count). The van der Waals surface area contributed by atoms with Crippen LogP contribution >= 0.6 is 0 Å². The fourth-order valence-electron chi connectivity index (χ4n) is 1.66. The summed E-state index contributed by atoms with van der Waals surface area (Å²) in [6, 6.07) is 0.124. The number of rotatable bonds is 3. The first-order chi connectivity index (χ1) is 6.18. The zero-order valence-electron chi connectivity index (χ0n) is 7.62. The van der Waals surface area contributed by atoms with Crippen molar-refractivity contribution in [2.75, 3.05) is 13.1 Å². The van der Waals surface area contributed by atoms with Crippen molar-refractivity contribution in [1.82, 2.24) is 10.0 Å². The molecule has 0 radical (unpaired) electrons. The summed E-state index contributed by atoms with van der Waals surface area (Å²) in [5.74, 6) is 0. The Labute approximate surface area is 79.1 Å². The molecule has 0 bridgehead atoms. The van der Waals surface area contributed by atoms with Gasteiger partial charge in [-0.2, -0.15) is 0 Å². The average Bonchev–Trinajstić information content (AvgIpc) is 2.87. The average molecular weight is 204 g/mol. The van der Waals surface area contributed by atoms with E-state index < -0.39 is 10.0 Å². The molecule has 76 valence electrons. The number of hydrogen-bond acceptors (Lipinski definition) is 3. The predicted molar refractivity (Wildman–Crippen MR) is 51.0 cm³/mol. The molecule has 0 amide bonds. The molecule has 0 unspecified atom stereocenters. The van der Waals surface area contributed by atoms with Gasteiger partial charge in [0.05, 0.1) is 5.25 Å². The molecule has 4 nitrogen and oxygen atoms in total. The van der Waals surface area contributed by atoms with Gasteiger partial charge in [0, 0.05) is 12.6 Å². The van der Waals surface area contributed by atoms with E-state index in [0.29, 0.717) is 0 Å². The molecule has 0 aromatic rings. The minimum atomic E-state index is -2.98. The minimum absolute atomic E-state index is 0.0885. The van der Waals surface area contributed by atoms with E-state index in [1.807, 2.05) is 0 Å². The molecular formula is C8H16N2O2S. The monoisotopic (exact) mass is 204 g/mol. The summed E-state index contributed by atoms with van der Waals surface area (Å²) in [6.45, 7) is 1.80. The first-order valence-corrected chi connectivity index (χ1v) is 6.45. The Morgan fingerprint density at radius 2 is 2.00 bits per heavy atom. The van der Waals surface area contributed by atoms with Gasteiger partial charge in [0.25, 0.3) is 0 Å². The van der Waals surface area contributed by atoms with Crippen molar-refractivity contribution in [2.24, 2.45) is 0 Å². The Morgan fingerprint density at radius 1 is 1.23 bits per heavy atom. The van der Waals surface area contributed by atoms with Gasteiger partial charge in [0.15, 0.2) is 0 Å². The van der Waals surface area contributed by atoms with Gasteiger partial charge in [-0.3, -0.25) is 0 Å². The Hall–Kier alpha value is -0.130. The fourth-order valence-corrected chi connectivity index (χ4v) is 3.27. The van der Waals surface area contributed by atoms with E-state index in [1.54, 1.807) is 0 Å². The number of hydrogen-bond donors (Lipinski definition) is 2. The van der Waals surface area contributed by atoms with Crippen LogP contribution in [0, 0.1) is 0 Å². The summed E-state index contributed by atoms with van der Waals surface area (Å²) < 4.78 is 25.8. The van der Waals surface area contributed by atoms with Crippen molar-refractivity contribution in [3.8, 4) is 0 Å². The molecule has 1 aliphatic carbocycles. The highest BCUT2D eigenvalue weighted by molar-refractivity contribution is 7.90. The van der Waals surface area contributed by atoms with Crippen molar-refractivity contribution >= 4 is 10.0 Å². The molecule has 0 aromatic heterocycles. The number of sulfonamides is 1. The molecule has 0 spiro atoms. The molecule has 2 aliphatic rings. The standard InChI is InChI=1S/C8H16N2O2S/c11-13(12,8-3-4-8)10-7-2-1-5-9-6-7/h7-10H,1-6H2/t7-/m1/s1. The van der Waals surface area contributed by atoms with Gasteiger partial charge >= 0.3 is 0 Å². The Morgan fingerprint density at radius 3 is 2.54 bits per heavy atom. The fraction of sp³-hybridized carbons (Fsp3) is 1.00. The second-order valence-corrected chi connectivity index (χ2v) is 5.90. The summed E-state index contributed by atoms with van der Waals surface area (Å²) in [7, 11) is -2.98. The molecule has 13 heavy (non-hydrogen) atoms. The third kappa shape index (κ3) is 2.42. The maximum absolute atomic E-state index is 11.5. The molecule has 1 heterocycles. The second kappa shape index (κ2) is 3.55. The van der Waals surface area contributed by atoms with Crippen LogP contribution in [0.3, 0.4) is 0 Å². The highest BCUT2D eigenvalue weighted by atomic mass is 32.2. The molecule has 1 aliphatic heterocycles. The zero-order valence-corrected chi connectivity index (χ0v) is 8.44. The molecule has 0 aromatic carbocycles. The molecule has 1 saturated heterocycles. The number of nitrogens with one attached hydrogen (secondary N) is 2. The lowest BCUT2D eigenvalue weighted by Crippen LogP contribution is -2.46. The Balaban J connectivity index is 1.88. The van der Waals surface area contributed by atoms with E-state index in [9.17, 15) is 8.42 Å². The van der Waals surface area contributed by atoms with Gasteiger partial charge in [-0.05, 0) is 32.2 Å². The van der Waals surface area contributed by atoms with E-state index in [-0.39, 0.29) is 11.3 Å². The Kier molecular flexibility index (Phi) is 2.58. The van der Waals surface area contributed by atoms with Crippen LogP contribution in [-0.2, 0) is 10.0 Å². The van der Waals surface area contributed by atoms with Crippen LogP contribution in [-0.4, -0.2) is 32.8 Å². The lowest BCUT2D eigenvalue weighted by atomic mass is 10.1. The van der Waals surface area contributed by atoms with Crippen LogP contribution in [0.5, 0.6) is 0 Å². The van der Waals surface area contributed by atoms with E-state index in [2.05, 4.69) is 10.0 Å². The first kappa shape index (κ1) is 9.43. The smallest absolute Gasteiger partial charge is 0.214 e. The SMILES string of the molecule is O=S(=O)(N[C@@H]1CCCNC1)C1CC1. The van der Waals surface area contributed by atoms with E-state index in [0.717, 1.165) is 38.8 Å². The molecule has 2 N–H and O–H groups in total. The maximum Gasteiger partial charge on any atom is 0.214 e. The molecule has 1 saturated carbocycles. The highest BCUT2D eigenvalue weighted by Crippen LogP contribution is 2.27. The van der Waals surface area contributed by atoms with Gasteiger partial charge in [0.1, 0.15) is 0 Å². The van der Waals surface area contributed by atoms with Crippen molar-refractivity contribution in [1.29, 1.82) is 0 Å². The molecule has 1 atom stereocenters. The lowest BCUT2D eigenvalue weighted by Gasteiger charge is -2.23. The summed E-state index contributed by atoms with van der Waals surface area (Å²) in [4.78, 5) is 0.